The minimum atomic E-state index is -0.424. The molecule has 6 atom stereocenters. The lowest BCUT2D eigenvalue weighted by Crippen LogP contribution is -2.71. The molecule has 4 rings (SSSR count). The largest absolute Gasteiger partial charge is 0.393 e. The van der Waals surface area contributed by atoms with Crippen LogP contribution in [0, 0.1) is 17.8 Å². The number of aliphatic hydroxyl groups is 2. The second kappa shape index (κ2) is 4.89. The number of carbonyl (C=O) groups excluding carboxylic acids is 1. The van der Waals surface area contributed by atoms with Gasteiger partial charge in [-0.05, 0) is 62.6 Å². The zero-order chi connectivity index (χ0) is 15.6. The molecule has 2 saturated carbocycles. The van der Waals surface area contributed by atoms with E-state index in [-0.39, 0.29) is 35.2 Å². The molecule has 0 aromatic rings. The van der Waals surface area contributed by atoms with Gasteiger partial charge in [0.2, 0.25) is 0 Å². The average Bonchev–Trinajstić information content (AvgIpc) is 2.47. The van der Waals surface area contributed by atoms with Crippen molar-refractivity contribution in [2.24, 2.45) is 17.8 Å². The SMILES string of the molecule is CC(=O)C1=C2C3CC(O)C4CCCN(CC1)C24CC(C)C3O. The molecule has 1 spiro atoms. The monoisotopic (exact) mass is 305 g/mol. The first-order valence-electron chi connectivity index (χ1n) is 8.82. The van der Waals surface area contributed by atoms with Gasteiger partial charge >= 0.3 is 0 Å². The normalized spacial score (nSPS) is 48.1. The molecule has 122 valence electrons. The number of piperidine rings is 1. The average molecular weight is 305 g/mol. The van der Waals surface area contributed by atoms with Gasteiger partial charge in [-0.1, -0.05) is 6.92 Å². The zero-order valence-corrected chi connectivity index (χ0v) is 13.6. The van der Waals surface area contributed by atoms with Crippen LogP contribution < -0.4 is 0 Å². The molecule has 2 aliphatic carbocycles. The van der Waals surface area contributed by atoms with Crippen molar-refractivity contribution in [2.75, 3.05) is 13.1 Å². The highest BCUT2D eigenvalue weighted by Crippen LogP contribution is 2.60. The predicted octanol–water partition coefficient (Wildman–Crippen LogP) is 1.51. The molecule has 0 aromatic heterocycles. The summed E-state index contributed by atoms with van der Waals surface area (Å²) in [7, 11) is 0. The summed E-state index contributed by atoms with van der Waals surface area (Å²) in [6.07, 6.45) is 3.73. The highest BCUT2D eigenvalue weighted by Gasteiger charge is 2.62. The third-order valence-electron chi connectivity index (χ3n) is 6.93. The molecule has 0 amide bonds. The van der Waals surface area contributed by atoms with Crippen LogP contribution in [0.2, 0.25) is 0 Å². The second-order valence-electron chi connectivity index (χ2n) is 7.94. The lowest BCUT2D eigenvalue weighted by molar-refractivity contribution is -0.141. The van der Waals surface area contributed by atoms with E-state index in [0.29, 0.717) is 6.42 Å². The van der Waals surface area contributed by atoms with Gasteiger partial charge in [0.1, 0.15) is 0 Å². The molecule has 2 N–H and O–H groups in total. The summed E-state index contributed by atoms with van der Waals surface area (Å²) in [5.41, 5.74) is 2.02. The van der Waals surface area contributed by atoms with E-state index in [1.165, 1.54) is 5.57 Å². The van der Waals surface area contributed by atoms with Crippen LogP contribution >= 0.6 is 0 Å². The van der Waals surface area contributed by atoms with Crippen molar-refractivity contribution in [1.29, 1.82) is 0 Å². The van der Waals surface area contributed by atoms with Crippen LogP contribution in [0.5, 0.6) is 0 Å². The summed E-state index contributed by atoms with van der Waals surface area (Å²) in [5.74, 6) is 0.601. The number of nitrogens with zero attached hydrogens (tertiary/aromatic N) is 1. The number of rotatable bonds is 1. The van der Waals surface area contributed by atoms with Crippen LogP contribution in [-0.2, 0) is 4.79 Å². The molecule has 1 saturated heterocycles. The highest BCUT2D eigenvalue weighted by atomic mass is 16.3. The summed E-state index contributed by atoms with van der Waals surface area (Å²) in [5, 5.41) is 21.5. The fraction of sp³-hybridized carbons (Fsp3) is 0.833. The van der Waals surface area contributed by atoms with Crippen LogP contribution in [0.25, 0.3) is 0 Å². The van der Waals surface area contributed by atoms with E-state index in [1.807, 2.05) is 0 Å². The summed E-state index contributed by atoms with van der Waals surface area (Å²) in [6, 6.07) is 0. The fourth-order valence-electron chi connectivity index (χ4n) is 6.17. The minimum Gasteiger partial charge on any atom is -0.393 e. The van der Waals surface area contributed by atoms with Crippen molar-refractivity contribution in [1.82, 2.24) is 4.90 Å². The Hall–Kier alpha value is -0.710. The summed E-state index contributed by atoms with van der Waals surface area (Å²) in [4.78, 5) is 14.8. The maximum atomic E-state index is 12.3. The molecule has 3 fully saturated rings. The van der Waals surface area contributed by atoms with Crippen LogP contribution in [-0.4, -0.2) is 51.7 Å². The van der Waals surface area contributed by atoms with Crippen molar-refractivity contribution in [3.8, 4) is 0 Å². The third kappa shape index (κ3) is 1.72. The molecular weight excluding hydrogens is 278 g/mol. The summed E-state index contributed by atoms with van der Waals surface area (Å²) < 4.78 is 0. The number of hydrogen-bond donors (Lipinski definition) is 2. The van der Waals surface area contributed by atoms with E-state index in [2.05, 4.69) is 11.8 Å². The molecule has 0 aromatic carbocycles. The summed E-state index contributed by atoms with van der Waals surface area (Å²) in [6.45, 7) is 5.79. The number of carbonyl (C=O) groups is 1. The molecule has 2 aliphatic heterocycles. The van der Waals surface area contributed by atoms with Crippen molar-refractivity contribution in [3.63, 3.8) is 0 Å². The quantitative estimate of drug-likeness (QED) is 0.771. The molecule has 4 nitrogen and oxygen atoms in total. The standard InChI is InChI=1S/C18H27NO3/c1-10-9-18-14-4-3-6-19(18)7-5-12(11(2)20)16(18)13(17(10)22)8-15(14)21/h10,13-15,17,21-22H,3-9H2,1-2H3. The van der Waals surface area contributed by atoms with Crippen LogP contribution in [0.4, 0.5) is 0 Å². The van der Waals surface area contributed by atoms with Gasteiger partial charge in [0.05, 0.1) is 12.2 Å². The van der Waals surface area contributed by atoms with Crippen LogP contribution in [0.15, 0.2) is 11.1 Å². The Morgan fingerprint density at radius 2 is 2.09 bits per heavy atom. The molecule has 2 heterocycles. The van der Waals surface area contributed by atoms with Gasteiger partial charge in [0.25, 0.3) is 0 Å². The van der Waals surface area contributed by atoms with E-state index in [1.54, 1.807) is 6.92 Å². The van der Waals surface area contributed by atoms with Crippen molar-refractivity contribution in [2.45, 2.75) is 63.7 Å². The van der Waals surface area contributed by atoms with Gasteiger partial charge in [-0.3, -0.25) is 9.69 Å². The van der Waals surface area contributed by atoms with Gasteiger partial charge in [0.15, 0.2) is 5.78 Å². The first kappa shape index (κ1) is 14.9. The van der Waals surface area contributed by atoms with Gasteiger partial charge in [-0.15, -0.1) is 0 Å². The maximum absolute atomic E-state index is 12.3. The Morgan fingerprint density at radius 1 is 1.32 bits per heavy atom. The molecule has 0 radical (unpaired) electrons. The van der Waals surface area contributed by atoms with Gasteiger partial charge < -0.3 is 10.2 Å². The van der Waals surface area contributed by atoms with E-state index in [4.69, 9.17) is 0 Å². The molecule has 4 heteroatoms. The lowest BCUT2D eigenvalue weighted by Gasteiger charge is -2.65. The zero-order valence-electron chi connectivity index (χ0n) is 13.6. The Kier molecular flexibility index (Phi) is 3.30. The second-order valence-corrected chi connectivity index (χ2v) is 7.94. The Labute approximate surface area is 132 Å². The molecule has 2 bridgehead atoms. The maximum Gasteiger partial charge on any atom is 0.155 e. The topological polar surface area (TPSA) is 60.8 Å². The fourth-order valence-corrected chi connectivity index (χ4v) is 6.17. The summed E-state index contributed by atoms with van der Waals surface area (Å²) >= 11 is 0. The first-order chi connectivity index (χ1) is 10.5. The Morgan fingerprint density at radius 3 is 2.82 bits per heavy atom. The minimum absolute atomic E-state index is 0.0326. The van der Waals surface area contributed by atoms with Crippen molar-refractivity contribution in [3.05, 3.63) is 11.1 Å². The first-order valence-corrected chi connectivity index (χ1v) is 8.82. The molecule has 4 aliphatic rings. The third-order valence-corrected chi connectivity index (χ3v) is 6.93. The van der Waals surface area contributed by atoms with E-state index >= 15 is 0 Å². The number of hydrogen-bond acceptors (Lipinski definition) is 4. The van der Waals surface area contributed by atoms with E-state index in [0.717, 1.165) is 44.3 Å². The van der Waals surface area contributed by atoms with Gasteiger partial charge in [-0.2, -0.15) is 0 Å². The predicted molar refractivity (Wildman–Crippen MR) is 83.3 cm³/mol. The number of ketones is 1. The van der Waals surface area contributed by atoms with E-state index < -0.39 is 6.10 Å². The highest BCUT2D eigenvalue weighted by molar-refractivity contribution is 5.95. The molecular formula is C18H27NO3. The Balaban J connectivity index is 1.95. The van der Waals surface area contributed by atoms with E-state index in [9.17, 15) is 15.0 Å². The van der Waals surface area contributed by atoms with Crippen molar-refractivity contribution < 1.29 is 15.0 Å². The number of aliphatic hydroxyl groups excluding tert-OH is 2. The molecule has 22 heavy (non-hydrogen) atoms. The number of Topliss-reactive ketones (excluding diaryl/α,β-unsaturated/α-hetero) is 1. The molecule has 6 unspecified atom stereocenters. The van der Waals surface area contributed by atoms with Gasteiger partial charge in [-0.25, -0.2) is 0 Å². The van der Waals surface area contributed by atoms with Crippen molar-refractivity contribution >= 4 is 5.78 Å². The lowest BCUT2D eigenvalue weighted by atomic mass is 9.50. The van der Waals surface area contributed by atoms with Crippen LogP contribution in [0.1, 0.15) is 46.0 Å². The Bertz CT molecular complexity index is 542. The van der Waals surface area contributed by atoms with Gasteiger partial charge in [0, 0.05) is 23.9 Å². The smallest absolute Gasteiger partial charge is 0.155 e. The van der Waals surface area contributed by atoms with Crippen LogP contribution in [0.3, 0.4) is 0 Å².